The molecule has 0 aromatic rings. The van der Waals surface area contributed by atoms with E-state index in [9.17, 15) is 9.59 Å². The summed E-state index contributed by atoms with van der Waals surface area (Å²) in [6, 6.07) is 0. The Hall–Kier alpha value is -1.12. The Kier molecular flexibility index (Phi) is 7.71. The van der Waals surface area contributed by atoms with E-state index >= 15 is 0 Å². The van der Waals surface area contributed by atoms with Gasteiger partial charge in [-0.25, -0.2) is 0 Å². The fourth-order valence-corrected chi connectivity index (χ4v) is 4.47. The molecule has 1 fully saturated rings. The third-order valence-electron chi connectivity index (χ3n) is 6.15. The van der Waals surface area contributed by atoms with Crippen LogP contribution in [0.25, 0.3) is 0 Å². The molecule has 0 aromatic heterocycles. The minimum atomic E-state index is -0.311. The standard InChI is InChI=1S/C22H36O3/c1-5-18(13-17-8-6-7-9-17)20(23)14-22(24)25-21-12-16(4)10-11-19(21)15(2)3/h8,15-16,18-19,21H,5-7,9-14H2,1-4H3/t16-,18?,19+,21-/m1/s1. The van der Waals surface area contributed by atoms with Gasteiger partial charge >= 0.3 is 5.97 Å². The molecule has 0 radical (unpaired) electrons. The highest BCUT2D eigenvalue weighted by molar-refractivity contribution is 5.97. The van der Waals surface area contributed by atoms with E-state index in [1.165, 1.54) is 18.4 Å². The Bertz CT molecular complexity index is 492. The predicted molar refractivity (Wildman–Crippen MR) is 101 cm³/mol. The number of carbonyl (C=O) groups excluding carboxylic acids is 2. The van der Waals surface area contributed by atoms with Gasteiger partial charge in [0.25, 0.3) is 0 Å². The Morgan fingerprint density at radius 2 is 2.04 bits per heavy atom. The number of allylic oxidation sites excluding steroid dienone is 2. The Morgan fingerprint density at radius 3 is 2.64 bits per heavy atom. The predicted octanol–water partition coefficient (Wildman–Crippen LogP) is 5.48. The molecule has 0 N–H and O–H groups in total. The lowest BCUT2D eigenvalue weighted by Gasteiger charge is -2.36. The van der Waals surface area contributed by atoms with Gasteiger partial charge in [0.2, 0.25) is 0 Å². The molecule has 25 heavy (non-hydrogen) atoms. The molecule has 3 heteroatoms. The van der Waals surface area contributed by atoms with Gasteiger partial charge in [0.1, 0.15) is 18.3 Å². The highest BCUT2D eigenvalue weighted by Gasteiger charge is 2.34. The molecule has 2 rings (SSSR count). The van der Waals surface area contributed by atoms with Gasteiger partial charge in [-0.3, -0.25) is 9.59 Å². The van der Waals surface area contributed by atoms with Crippen molar-refractivity contribution in [2.24, 2.45) is 23.7 Å². The van der Waals surface area contributed by atoms with Crippen LogP contribution in [0.3, 0.4) is 0 Å². The minimum Gasteiger partial charge on any atom is -0.462 e. The summed E-state index contributed by atoms with van der Waals surface area (Å²) >= 11 is 0. The zero-order valence-electron chi connectivity index (χ0n) is 16.6. The number of Topliss-reactive ketones (excluding diaryl/α,β-unsaturated/α-hetero) is 1. The first-order valence-corrected chi connectivity index (χ1v) is 10.3. The minimum absolute atomic E-state index is 0.0123. The monoisotopic (exact) mass is 348 g/mol. The maximum absolute atomic E-state index is 12.6. The second kappa shape index (κ2) is 9.54. The molecule has 0 aromatic carbocycles. The van der Waals surface area contributed by atoms with Gasteiger partial charge < -0.3 is 4.74 Å². The van der Waals surface area contributed by atoms with Crippen LogP contribution in [0, 0.1) is 23.7 Å². The van der Waals surface area contributed by atoms with Crippen molar-refractivity contribution < 1.29 is 14.3 Å². The SMILES string of the molecule is CCC(CC1=CCCC1)C(=O)CC(=O)O[C@@H]1C[C@H](C)CC[C@H]1C(C)C. The molecule has 0 amide bonds. The summed E-state index contributed by atoms with van der Waals surface area (Å²) < 4.78 is 5.80. The summed E-state index contributed by atoms with van der Waals surface area (Å²) in [7, 11) is 0. The van der Waals surface area contributed by atoms with Gasteiger partial charge in [-0.2, -0.15) is 0 Å². The van der Waals surface area contributed by atoms with E-state index in [1.807, 2.05) is 6.92 Å². The van der Waals surface area contributed by atoms with Crippen molar-refractivity contribution in [1.29, 1.82) is 0 Å². The lowest BCUT2D eigenvalue weighted by Crippen LogP contribution is -2.36. The van der Waals surface area contributed by atoms with Gasteiger partial charge in [0.05, 0.1) is 0 Å². The first kappa shape index (κ1) is 20.2. The van der Waals surface area contributed by atoms with Crippen LogP contribution < -0.4 is 0 Å². The van der Waals surface area contributed by atoms with Crippen LogP contribution in [0.2, 0.25) is 0 Å². The Morgan fingerprint density at radius 1 is 1.28 bits per heavy atom. The largest absolute Gasteiger partial charge is 0.462 e. The number of esters is 1. The number of ether oxygens (including phenoxy) is 1. The third kappa shape index (κ3) is 5.97. The highest BCUT2D eigenvalue weighted by Crippen LogP contribution is 2.35. The number of carbonyl (C=O) groups is 2. The van der Waals surface area contributed by atoms with Crippen LogP contribution in [0.5, 0.6) is 0 Å². The molecule has 142 valence electrons. The van der Waals surface area contributed by atoms with Crippen molar-refractivity contribution in [3.8, 4) is 0 Å². The third-order valence-corrected chi connectivity index (χ3v) is 6.15. The average molecular weight is 349 g/mol. The normalized spacial score (nSPS) is 27.9. The fourth-order valence-electron chi connectivity index (χ4n) is 4.47. The molecular formula is C22H36O3. The van der Waals surface area contributed by atoms with Gasteiger partial charge in [0, 0.05) is 5.92 Å². The maximum atomic E-state index is 12.6. The zero-order valence-corrected chi connectivity index (χ0v) is 16.6. The molecule has 0 heterocycles. The fraction of sp³-hybridized carbons (Fsp3) is 0.818. The van der Waals surface area contributed by atoms with Crippen LogP contribution in [0.4, 0.5) is 0 Å². The number of ketones is 1. The summed E-state index contributed by atoms with van der Waals surface area (Å²) in [4.78, 5) is 25.0. The summed E-state index contributed by atoms with van der Waals surface area (Å²) in [6.07, 6.45) is 10.6. The van der Waals surface area contributed by atoms with Gasteiger partial charge in [-0.15, -0.1) is 0 Å². The smallest absolute Gasteiger partial charge is 0.313 e. The molecule has 1 saturated carbocycles. The Balaban J connectivity index is 1.87. The average Bonchev–Trinajstić information content (AvgIpc) is 3.05. The van der Waals surface area contributed by atoms with Crippen molar-refractivity contribution in [1.82, 2.24) is 0 Å². The van der Waals surface area contributed by atoms with Crippen molar-refractivity contribution in [2.75, 3.05) is 0 Å². The summed E-state index contributed by atoms with van der Waals surface area (Å²) in [5, 5.41) is 0. The van der Waals surface area contributed by atoms with E-state index in [2.05, 4.69) is 26.8 Å². The van der Waals surface area contributed by atoms with Crippen molar-refractivity contribution in [3.05, 3.63) is 11.6 Å². The van der Waals surface area contributed by atoms with Gasteiger partial charge in [-0.05, 0) is 62.7 Å². The lowest BCUT2D eigenvalue weighted by molar-refractivity contribution is -0.157. The van der Waals surface area contributed by atoms with E-state index < -0.39 is 0 Å². The lowest BCUT2D eigenvalue weighted by atomic mass is 9.75. The zero-order chi connectivity index (χ0) is 18.4. The van der Waals surface area contributed by atoms with E-state index in [0.29, 0.717) is 17.8 Å². The van der Waals surface area contributed by atoms with E-state index in [0.717, 1.165) is 38.5 Å². The first-order valence-electron chi connectivity index (χ1n) is 10.3. The van der Waals surface area contributed by atoms with Crippen LogP contribution in [-0.2, 0) is 14.3 Å². The Labute approximate surface area is 153 Å². The second-order valence-corrected chi connectivity index (χ2v) is 8.56. The molecule has 2 aliphatic carbocycles. The van der Waals surface area contributed by atoms with E-state index in [4.69, 9.17) is 4.74 Å². The number of rotatable bonds is 8. The van der Waals surface area contributed by atoms with Crippen molar-refractivity contribution in [2.45, 2.75) is 91.6 Å². The van der Waals surface area contributed by atoms with Crippen LogP contribution in [-0.4, -0.2) is 17.9 Å². The maximum Gasteiger partial charge on any atom is 0.313 e. The molecule has 0 aliphatic heterocycles. The molecule has 0 spiro atoms. The molecule has 4 atom stereocenters. The van der Waals surface area contributed by atoms with Gasteiger partial charge in [0.15, 0.2) is 0 Å². The summed E-state index contributed by atoms with van der Waals surface area (Å²) in [5.41, 5.74) is 1.40. The molecular weight excluding hydrogens is 312 g/mol. The quantitative estimate of drug-likeness (QED) is 0.331. The number of hydrogen-bond acceptors (Lipinski definition) is 3. The molecule has 0 saturated heterocycles. The van der Waals surface area contributed by atoms with Gasteiger partial charge in [-0.1, -0.05) is 45.8 Å². The van der Waals surface area contributed by atoms with Crippen molar-refractivity contribution in [3.63, 3.8) is 0 Å². The topological polar surface area (TPSA) is 43.4 Å². The summed E-state index contributed by atoms with van der Waals surface area (Å²) in [5.74, 6) is 1.27. The van der Waals surface area contributed by atoms with Crippen LogP contribution in [0.15, 0.2) is 11.6 Å². The molecule has 0 bridgehead atoms. The van der Waals surface area contributed by atoms with E-state index in [1.54, 1.807) is 0 Å². The molecule has 2 aliphatic rings. The highest BCUT2D eigenvalue weighted by atomic mass is 16.5. The summed E-state index contributed by atoms with van der Waals surface area (Å²) in [6.45, 7) is 8.68. The van der Waals surface area contributed by atoms with E-state index in [-0.39, 0.29) is 30.2 Å². The van der Waals surface area contributed by atoms with Crippen LogP contribution in [0.1, 0.15) is 85.5 Å². The molecule has 3 nitrogen and oxygen atoms in total. The first-order chi connectivity index (χ1) is 11.9. The second-order valence-electron chi connectivity index (χ2n) is 8.56. The van der Waals surface area contributed by atoms with Crippen molar-refractivity contribution >= 4 is 11.8 Å². The molecule has 1 unspecified atom stereocenters. The number of hydrogen-bond donors (Lipinski definition) is 0. The van der Waals surface area contributed by atoms with Crippen LogP contribution >= 0.6 is 0 Å².